The number of ether oxygens (including phenoxy) is 1. The zero-order valence-corrected chi connectivity index (χ0v) is 14.9. The fourth-order valence-electron chi connectivity index (χ4n) is 3.26. The van der Waals surface area contributed by atoms with Crippen molar-refractivity contribution in [3.63, 3.8) is 0 Å². The second-order valence-electron chi connectivity index (χ2n) is 6.52. The lowest BCUT2D eigenvalue weighted by Gasteiger charge is -2.32. The van der Waals surface area contributed by atoms with Crippen molar-refractivity contribution < 1.29 is 14.1 Å². The van der Waals surface area contributed by atoms with Gasteiger partial charge in [-0.15, -0.1) is 0 Å². The topological polar surface area (TPSA) is 68.5 Å². The van der Waals surface area contributed by atoms with Gasteiger partial charge in [0.25, 0.3) is 0 Å². The van der Waals surface area contributed by atoms with Gasteiger partial charge in [-0.2, -0.15) is 4.98 Å². The molecule has 134 valence electrons. The maximum absolute atomic E-state index is 12.1. The van der Waals surface area contributed by atoms with Gasteiger partial charge in [-0.1, -0.05) is 29.4 Å². The second-order valence-corrected chi connectivity index (χ2v) is 6.52. The van der Waals surface area contributed by atoms with Crippen LogP contribution in [0.5, 0.6) is 0 Å². The quantitative estimate of drug-likeness (QED) is 0.807. The summed E-state index contributed by atoms with van der Waals surface area (Å²) in [6.07, 6.45) is 2.78. The van der Waals surface area contributed by atoms with Crippen molar-refractivity contribution in [3.05, 3.63) is 35.7 Å². The van der Waals surface area contributed by atoms with Gasteiger partial charge in [0, 0.05) is 31.7 Å². The van der Waals surface area contributed by atoms with Crippen LogP contribution in [0.25, 0.3) is 11.4 Å². The van der Waals surface area contributed by atoms with E-state index in [0.717, 1.165) is 37.1 Å². The molecule has 1 aromatic carbocycles. The Balaban J connectivity index is 1.61. The predicted octanol–water partition coefficient (Wildman–Crippen LogP) is 2.86. The molecule has 1 unspecified atom stereocenters. The number of aromatic nitrogens is 2. The molecule has 1 atom stereocenters. The van der Waals surface area contributed by atoms with Gasteiger partial charge >= 0.3 is 0 Å². The molecule has 1 fully saturated rings. The van der Waals surface area contributed by atoms with E-state index < -0.39 is 0 Å². The number of aryl methyl sites for hydroxylation is 1. The first kappa shape index (κ1) is 17.6. The molecule has 0 radical (unpaired) electrons. The summed E-state index contributed by atoms with van der Waals surface area (Å²) < 4.78 is 10.7. The number of nitrogens with zero attached hydrogens (tertiary/aromatic N) is 3. The summed E-state index contributed by atoms with van der Waals surface area (Å²) in [6.45, 7) is 6.20. The summed E-state index contributed by atoms with van der Waals surface area (Å²) in [5.74, 6) is 1.69. The average molecular weight is 343 g/mol. The Labute approximate surface area is 148 Å². The van der Waals surface area contributed by atoms with Crippen LogP contribution in [-0.4, -0.2) is 47.3 Å². The van der Waals surface area contributed by atoms with E-state index in [2.05, 4.69) is 10.1 Å². The minimum absolute atomic E-state index is 0.0673. The highest BCUT2D eigenvalue weighted by molar-refractivity contribution is 5.77. The van der Waals surface area contributed by atoms with Gasteiger partial charge in [0.05, 0.1) is 0 Å². The van der Waals surface area contributed by atoms with Crippen molar-refractivity contribution >= 4 is 5.91 Å². The maximum atomic E-state index is 12.1. The van der Waals surface area contributed by atoms with Gasteiger partial charge in [-0.3, -0.25) is 4.79 Å². The van der Waals surface area contributed by atoms with Crippen LogP contribution in [0.4, 0.5) is 0 Å². The molecule has 0 bridgehead atoms. The lowest BCUT2D eigenvalue weighted by molar-refractivity contribution is -0.137. The molecule has 2 aromatic rings. The SMILES string of the molecule is CCOCC(=O)N1CCCC(Cc2nc(-c3ccccc3C)no2)C1. The van der Waals surface area contributed by atoms with E-state index in [0.29, 0.717) is 30.7 Å². The molecule has 0 N–H and O–H groups in total. The highest BCUT2D eigenvalue weighted by Gasteiger charge is 2.25. The number of carbonyl (C=O) groups is 1. The van der Waals surface area contributed by atoms with E-state index in [1.54, 1.807) is 0 Å². The Morgan fingerprint density at radius 3 is 3.04 bits per heavy atom. The minimum atomic E-state index is 0.0673. The zero-order valence-electron chi connectivity index (χ0n) is 14.9. The van der Waals surface area contributed by atoms with Crippen LogP contribution in [0.15, 0.2) is 28.8 Å². The lowest BCUT2D eigenvalue weighted by atomic mass is 9.94. The number of benzene rings is 1. The van der Waals surface area contributed by atoms with Crippen molar-refractivity contribution in [1.82, 2.24) is 15.0 Å². The zero-order chi connectivity index (χ0) is 17.6. The summed E-state index contributed by atoms with van der Waals surface area (Å²) in [5, 5.41) is 4.12. The Kier molecular flexibility index (Phi) is 5.81. The summed E-state index contributed by atoms with van der Waals surface area (Å²) in [6, 6.07) is 8.00. The van der Waals surface area contributed by atoms with Crippen molar-refractivity contribution in [2.24, 2.45) is 5.92 Å². The monoisotopic (exact) mass is 343 g/mol. The standard InChI is InChI=1S/C19H25N3O3/c1-3-24-13-18(23)22-10-6-8-15(12-22)11-17-20-19(21-25-17)16-9-5-4-7-14(16)2/h4-5,7,9,15H,3,6,8,10-13H2,1-2H3. The molecule has 2 heterocycles. The molecule has 1 aromatic heterocycles. The molecule has 1 aliphatic heterocycles. The van der Waals surface area contributed by atoms with Crippen molar-refractivity contribution in [2.75, 3.05) is 26.3 Å². The molecule has 1 saturated heterocycles. The van der Waals surface area contributed by atoms with Crippen LogP contribution in [0.2, 0.25) is 0 Å². The summed E-state index contributed by atoms with van der Waals surface area (Å²) in [4.78, 5) is 18.6. The van der Waals surface area contributed by atoms with Crippen LogP contribution in [0.1, 0.15) is 31.2 Å². The molecule has 3 rings (SSSR count). The molecule has 6 nitrogen and oxygen atoms in total. The highest BCUT2D eigenvalue weighted by Crippen LogP contribution is 2.23. The number of hydrogen-bond acceptors (Lipinski definition) is 5. The summed E-state index contributed by atoms with van der Waals surface area (Å²) >= 11 is 0. The minimum Gasteiger partial charge on any atom is -0.372 e. The van der Waals surface area contributed by atoms with Crippen LogP contribution in [0, 0.1) is 12.8 Å². The lowest BCUT2D eigenvalue weighted by Crippen LogP contribution is -2.42. The van der Waals surface area contributed by atoms with E-state index in [-0.39, 0.29) is 12.5 Å². The third-order valence-electron chi connectivity index (χ3n) is 4.62. The highest BCUT2D eigenvalue weighted by atomic mass is 16.5. The van der Waals surface area contributed by atoms with E-state index in [9.17, 15) is 4.79 Å². The number of amides is 1. The van der Waals surface area contributed by atoms with Gasteiger partial charge in [-0.05, 0) is 38.2 Å². The van der Waals surface area contributed by atoms with Crippen LogP contribution in [0.3, 0.4) is 0 Å². The van der Waals surface area contributed by atoms with Gasteiger partial charge in [0.15, 0.2) is 0 Å². The molecule has 25 heavy (non-hydrogen) atoms. The molecule has 1 amide bonds. The Bertz CT molecular complexity index is 713. The van der Waals surface area contributed by atoms with E-state index in [4.69, 9.17) is 9.26 Å². The average Bonchev–Trinajstić information content (AvgIpc) is 3.08. The fraction of sp³-hybridized carbons (Fsp3) is 0.526. The predicted molar refractivity (Wildman–Crippen MR) is 94.0 cm³/mol. The first-order chi connectivity index (χ1) is 12.2. The third kappa shape index (κ3) is 4.45. The maximum Gasteiger partial charge on any atom is 0.248 e. The Morgan fingerprint density at radius 1 is 1.40 bits per heavy atom. The van der Waals surface area contributed by atoms with E-state index in [1.165, 1.54) is 0 Å². The molecular formula is C19H25N3O3. The number of carbonyl (C=O) groups excluding carboxylic acids is 1. The molecule has 0 saturated carbocycles. The third-order valence-corrected chi connectivity index (χ3v) is 4.62. The number of likely N-dealkylation sites (tertiary alicyclic amines) is 1. The van der Waals surface area contributed by atoms with E-state index in [1.807, 2.05) is 43.0 Å². The van der Waals surface area contributed by atoms with Crippen molar-refractivity contribution in [1.29, 1.82) is 0 Å². The van der Waals surface area contributed by atoms with Crippen LogP contribution in [-0.2, 0) is 16.0 Å². The normalized spacial score (nSPS) is 17.7. The van der Waals surface area contributed by atoms with Crippen LogP contribution >= 0.6 is 0 Å². The Morgan fingerprint density at radius 2 is 2.24 bits per heavy atom. The van der Waals surface area contributed by atoms with Crippen LogP contribution < -0.4 is 0 Å². The first-order valence-electron chi connectivity index (χ1n) is 8.91. The Hall–Kier alpha value is -2.21. The summed E-state index contributed by atoms with van der Waals surface area (Å²) in [7, 11) is 0. The summed E-state index contributed by atoms with van der Waals surface area (Å²) in [5.41, 5.74) is 2.12. The molecule has 0 spiro atoms. The smallest absolute Gasteiger partial charge is 0.248 e. The van der Waals surface area contributed by atoms with Crippen molar-refractivity contribution in [2.45, 2.75) is 33.1 Å². The molecular weight excluding hydrogens is 318 g/mol. The number of hydrogen-bond donors (Lipinski definition) is 0. The number of piperidine rings is 1. The van der Waals surface area contributed by atoms with Gasteiger partial charge in [-0.25, -0.2) is 0 Å². The molecule has 0 aliphatic carbocycles. The second kappa shape index (κ2) is 8.25. The largest absolute Gasteiger partial charge is 0.372 e. The van der Waals surface area contributed by atoms with E-state index >= 15 is 0 Å². The first-order valence-corrected chi connectivity index (χ1v) is 8.91. The molecule has 6 heteroatoms. The van der Waals surface area contributed by atoms with Gasteiger partial charge in [0.1, 0.15) is 6.61 Å². The van der Waals surface area contributed by atoms with Crippen molar-refractivity contribution in [3.8, 4) is 11.4 Å². The van der Waals surface area contributed by atoms with Gasteiger partial charge in [0.2, 0.25) is 17.6 Å². The molecule has 1 aliphatic rings. The fourth-order valence-corrected chi connectivity index (χ4v) is 3.26. The number of rotatable bonds is 6. The van der Waals surface area contributed by atoms with Gasteiger partial charge < -0.3 is 14.2 Å².